The van der Waals surface area contributed by atoms with E-state index in [2.05, 4.69) is 18.7 Å². The number of benzene rings is 1. The quantitative estimate of drug-likeness (QED) is 0.725. The molecule has 1 fully saturated rings. The van der Waals surface area contributed by atoms with Gasteiger partial charge in [0.25, 0.3) is 0 Å². The van der Waals surface area contributed by atoms with Crippen LogP contribution in [0.4, 0.5) is 0 Å². The van der Waals surface area contributed by atoms with Gasteiger partial charge in [0.2, 0.25) is 0 Å². The van der Waals surface area contributed by atoms with Gasteiger partial charge in [-0.25, -0.2) is 0 Å². The Hall–Kier alpha value is -1.15. The molecule has 1 unspecified atom stereocenters. The predicted molar refractivity (Wildman–Crippen MR) is 84.1 cm³/mol. The van der Waals surface area contributed by atoms with Gasteiger partial charge in [-0.05, 0) is 19.4 Å². The summed E-state index contributed by atoms with van der Waals surface area (Å²) in [5.74, 6) is 0.360. The molecule has 0 saturated heterocycles. The first kappa shape index (κ1) is 15.2. The smallest absolute Gasteiger partial charge is 0.166 e. The van der Waals surface area contributed by atoms with E-state index in [0.717, 1.165) is 18.7 Å². The Labute approximate surface area is 123 Å². The molecule has 0 heterocycles. The second-order valence-corrected chi connectivity index (χ2v) is 6.01. The van der Waals surface area contributed by atoms with Crippen LogP contribution in [0.25, 0.3) is 0 Å². The molecule has 0 aliphatic heterocycles. The molecule has 1 atom stereocenters. The Bertz CT molecular complexity index is 409. The average Bonchev–Trinajstić information content (AvgIpc) is 2.53. The summed E-state index contributed by atoms with van der Waals surface area (Å²) in [6, 6.07) is 10.4. The molecule has 1 aliphatic rings. The van der Waals surface area contributed by atoms with Gasteiger partial charge in [0.15, 0.2) is 5.78 Å². The van der Waals surface area contributed by atoms with E-state index >= 15 is 0 Å². The van der Waals surface area contributed by atoms with Crippen LogP contribution in [-0.4, -0.2) is 29.8 Å². The van der Waals surface area contributed by atoms with Crippen LogP contribution in [0.1, 0.15) is 56.3 Å². The number of Topliss-reactive ketones (excluding diaryl/α,β-unsaturated/α-hetero) is 1. The molecular formula is C18H27NO. The maximum atomic E-state index is 12.5. The Balaban J connectivity index is 1.94. The lowest BCUT2D eigenvalue weighted by atomic mass is 9.92. The van der Waals surface area contributed by atoms with Crippen LogP contribution < -0.4 is 0 Å². The van der Waals surface area contributed by atoms with Gasteiger partial charge in [0, 0.05) is 24.1 Å². The second-order valence-electron chi connectivity index (χ2n) is 6.01. The van der Waals surface area contributed by atoms with Gasteiger partial charge in [0.05, 0.1) is 0 Å². The highest BCUT2D eigenvalue weighted by molar-refractivity contribution is 5.97. The first-order valence-electron chi connectivity index (χ1n) is 8.05. The van der Waals surface area contributed by atoms with Gasteiger partial charge in [-0.1, -0.05) is 63.4 Å². The van der Waals surface area contributed by atoms with E-state index in [1.807, 2.05) is 30.3 Å². The van der Waals surface area contributed by atoms with E-state index < -0.39 is 0 Å². The third-order valence-electron chi connectivity index (χ3n) is 4.51. The Morgan fingerprint density at radius 3 is 2.45 bits per heavy atom. The predicted octanol–water partition coefficient (Wildman–Crippen LogP) is 4.16. The standard InChI is InChI=1S/C18H27NO/c1-3-19(17-12-8-5-9-13-17)14-15(2)18(20)16-10-6-4-7-11-16/h4,6-7,10-11,15,17H,3,5,8-9,12-14H2,1-2H3. The van der Waals surface area contributed by atoms with Crippen molar-refractivity contribution in [3.8, 4) is 0 Å². The highest BCUT2D eigenvalue weighted by Crippen LogP contribution is 2.23. The molecule has 2 nitrogen and oxygen atoms in total. The summed E-state index contributed by atoms with van der Waals surface area (Å²) >= 11 is 0. The molecule has 1 aromatic carbocycles. The van der Waals surface area contributed by atoms with E-state index in [0.29, 0.717) is 6.04 Å². The van der Waals surface area contributed by atoms with Crippen molar-refractivity contribution in [3.63, 3.8) is 0 Å². The number of carbonyl (C=O) groups is 1. The SMILES string of the molecule is CCN(CC(C)C(=O)c1ccccc1)C1CCCCC1. The van der Waals surface area contributed by atoms with Crippen LogP contribution in [0.5, 0.6) is 0 Å². The van der Waals surface area contributed by atoms with E-state index in [1.165, 1.54) is 32.1 Å². The average molecular weight is 273 g/mol. The van der Waals surface area contributed by atoms with Crippen LogP contribution in [0.2, 0.25) is 0 Å². The molecule has 0 aromatic heterocycles. The Morgan fingerprint density at radius 1 is 1.20 bits per heavy atom. The maximum Gasteiger partial charge on any atom is 0.166 e. The van der Waals surface area contributed by atoms with Crippen LogP contribution in [-0.2, 0) is 0 Å². The summed E-state index contributed by atoms with van der Waals surface area (Å²) < 4.78 is 0. The zero-order chi connectivity index (χ0) is 14.4. The van der Waals surface area contributed by atoms with Gasteiger partial charge in [-0.3, -0.25) is 9.69 Å². The molecule has 2 rings (SSSR count). The molecule has 110 valence electrons. The first-order chi connectivity index (χ1) is 9.72. The van der Waals surface area contributed by atoms with Gasteiger partial charge in [0.1, 0.15) is 0 Å². The minimum Gasteiger partial charge on any atom is -0.300 e. The van der Waals surface area contributed by atoms with Crippen molar-refractivity contribution in [1.29, 1.82) is 0 Å². The van der Waals surface area contributed by atoms with Gasteiger partial charge < -0.3 is 0 Å². The normalized spacial score (nSPS) is 18.1. The third-order valence-corrected chi connectivity index (χ3v) is 4.51. The number of ketones is 1. The van der Waals surface area contributed by atoms with E-state index in [1.54, 1.807) is 0 Å². The Kier molecular flexibility index (Phi) is 5.78. The molecule has 1 saturated carbocycles. The summed E-state index contributed by atoms with van der Waals surface area (Å²) in [6.45, 7) is 6.24. The van der Waals surface area contributed by atoms with Crippen LogP contribution >= 0.6 is 0 Å². The molecule has 0 amide bonds. The highest BCUT2D eigenvalue weighted by atomic mass is 16.1. The fourth-order valence-electron chi connectivity index (χ4n) is 3.30. The number of rotatable bonds is 6. The minimum atomic E-state index is 0.0827. The number of carbonyl (C=O) groups excluding carboxylic acids is 1. The minimum absolute atomic E-state index is 0.0827. The molecule has 0 radical (unpaired) electrons. The molecule has 2 heteroatoms. The topological polar surface area (TPSA) is 20.3 Å². The van der Waals surface area contributed by atoms with Crippen LogP contribution in [0.15, 0.2) is 30.3 Å². The monoisotopic (exact) mass is 273 g/mol. The molecule has 20 heavy (non-hydrogen) atoms. The lowest BCUT2D eigenvalue weighted by molar-refractivity contribution is 0.0848. The van der Waals surface area contributed by atoms with Crippen molar-refractivity contribution in [3.05, 3.63) is 35.9 Å². The number of hydrogen-bond acceptors (Lipinski definition) is 2. The van der Waals surface area contributed by atoms with Crippen molar-refractivity contribution in [2.45, 2.75) is 52.0 Å². The molecule has 1 aliphatic carbocycles. The van der Waals surface area contributed by atoms with E-state index in [-0.39, 0.29) is 11.7 Å². The fraction of sp³-hybridized carbons (Fsp3) is 0.611. The summed E-state index contributed by atoms with van der Waals surface area (Å²) in [6.07, 6.45) is 6.69. The lowest BCUT2D eigenvalue weighted by Gasteiger charge is -2.35. The zero-order valence-electron chi connectivity index (χ0n) is 12.8. The van der Waals surface area contributed by atoms with Crippen molar-refractivity contribution >= 4 is 5.78 Å². The summed E-state index contributed by atoms with van der Waals surface area (Å²) in [5, 5.41) is 0. The van der Waals surface area contributed by atoms with Gasteiger partial charge >= 0.3 is 0 Å². The summed E-state index contributed by atoms with van der Waals surface area (Å²) in [7, 11) is 0. The maximum absolute atomic E-state index is 12.5. The van der Waals surface area contributed by atoms with E-state index in [9.17, 15) is 4.79 Å². The number of hydrogen-bond donors (Lipinski definition) is 0. The summed E-state index contributed by atoms with van der Waals surface area (Å²) in [4.78, 5) is 15.0. The lowest BCUT2D eigenvalue weighted by Crippen LogP contribution is -2.40. The first-order valence-corrected chi connectivity index (χ1v) is 8.05. The van der Waals surface area contributed by atoms with Crippen molar-refractivity contribution < 1.29 is 4.79 Å². The van der Waals surface area contributed by atoms with Crippen LogP contribution in [0, 0.1) is 5.92 Å². The third kappa shape index (κ3) is 3.92. The van der Waals surface area contributed by atoms with Crippen molar-refractivity contribution in [2.24, 2.45) is 5.92 Å². The van der Waals surface area contributed by atoms with Gasteiger partial charge in [-0.2, -0.15) is 0 Å². The number of nitrogens with zero attached hydrogens (tertiary/aromatic N) is 1. The molecule has 0 spiro atoms. The second kappa shape index (κ2) is 7.58. The molecular weight excluding hydrogens is 246 g/mol. The van der Waals surface area contributed by atoms with Crippen molar-refractivity contribution in [1.82, 2.24) is 4.90 Å². The fourth-order valence-corrected chi connectivity index (χ4v) is 3.30. The molecule has 1 aromatic rings. The Morgan fingerprint density at radius 2 is 1.85 bits per heavy atom. The van der Waals surface area contributed by atoms with E-state index in [4.69, 9.17) is 0 Å². The summed E-state index contributed by atoms with van der Waals surface area (Å²) in [5.41, 5.74) is 0.847. The highest BCUT2D eigenvalue weighted by Gasteiger charge is 2.24. The van der Waals surface area contributed by atoms with Crippen molar-refractivity contribution in [2.75, 3.05) is 13.1 Å². The van der Waals surface area contributed by atoms with Gasteiger partial charge in [-0.15, -0.1) is 0 Å². The van der Waals surface area contributed by atoms with Crippen LogP contribution in [0.3, 0.4) is 0 Å². The zero-order valence-corrected chi connectivity index (χ0v) is 12.8. The molecule has 0 bridgehead atoms. The largest absolute Gasteiger partial charge is 0.300 e. The molecule has 0 N–H and O–H groups in total.